The fourth-order valence-electron chi connectivity index (χ4n) is 4.42. The summed E-state index contributed by atoms with van der Waals surface area (Å²) in [5.74, 6) is 0.377. The Bertz CT molecular complexity index is 1440. The molecule has 4 rings (SSSR count). The number of amides is 2. The SMILES string of the molecule is CCOC(=O)N1CCN(S(=O)(=O)c2ccc(C(=O)N(CCCN(C)C)c3nc4c(OC)cccc4s3)cc2)CC1.Cl. The number of ether oxygens (including phenoxy) is 2. The Labute approximate surface area is 251 Å². The van der Waals surface area contributed by atoms with Crippen molar-refractivity contribution >= 4 is 61.1 Å². The molecule has 14 heteroatoms. The minimum Gasteiger partial charge on any atom is -0.494 e. The molecule has 1 aliphatic heterocycles. The number of benzene rings is 2. The van der Waals surface area contributed by atoms with E-state index in [0.717, 1.165) is 17.7 Å². The predicted molar refractivity (Wildman–Crippen MR) is 162 cm³/mol. The molecule has 0 N–H and O–H groups in total. The quantitative estimate of drug-likeness (QED) is 0.335. The molecular formula is C27H36ClN5O6S2. The summed E-state index contributed by atoms with van der Waals surface area (Å²) in [6.07, 6.45) is 0.292. The molecule has 1 fully saturated rings. The maximum absolute atomic E-state index is 13.7. The van der Waals surface area contributed by atoms with Gasteiger partial charge in [0.25, 0.3) is 5.91 Å². The van der Waals surface area contributed by atoms with Crippen LogP contribution in [0.4, 0.5) is 9.93 Å². The van der Waals surface area contributed by atoms with E-state index >= 15 is 0 Å². The summed E-state index contributed by atoms with van der Waals surface area (Å²) >= 11 is 1.41. The lowest BCUT2D eigenvalue weighted by Crippen LogP contribution is -2.50. The first-order valence-corrected chi connectivity index (χ1v) is 15.3. The molecule has 1 aromatic heterocycles. The molecule has 0 unspecified atom stereocenters. The molecule has 0 saturated carbocycles. The second-order valence-electron chi connectivity index (χ2n) is 9.53. The third-order valence-electron chi connectivity index (χ3n) is 6.56. The molecule has 0 aliphatic carbocycles. The highest BCUT2D eigenvalue weighted by atomic mass is 35.5. The topological polar surface area (TPSA) is 113 Å². The molecule has 2 aromatic carbocycles. The van der Waals surface area contributed by atoms with Gasteiger partial charge in [0.15, 0.2) is 5.13 Å². The minimum atomic E-state index is -3.79. The summed E-state index contributed by atoms with van der Waals surface area (Å²) in [5.41, 5.74) is 1.06. The maximum atomic E-state index is 13.7. The molecule has 41 heavy (non-hydrogen) atoms. The van der Waals surface area contributed by atoms with Gasteiger partial charge in [0.05, 0.1) is 23.3 Å². The lowest BCUT2D eigenvalue weighted by molar-refractivity contribution is 0.0933. The van der Waals surface area contributed by atoms with E-state index < -0.39 is 16.1 Å². The smallest absolute Gasteiger partial charge is 0.409 e. The van der Waals surface area contributed by atoms with Gasteiger partial charge in [-0.25, -0.2) is 18.2 Å². The van der Waals surface area contributed by atoms with Crippen LogP contribution in [0.25, 0.3) is 10.2 Å². The van der Waals surface area contributed by atoms with Gasteiger partial charge < -0.3 is 19.3 Å². The number of piperazine rings is 1. The van der Waals surface area contributed by atoms with Gasteiger partial charge >= 0.3 is 6.09 Å². The molecule has 3 aromatic rings. The van der Waals surface area contributed by atoms with Crippen LogP contribution in [0.3, 0.4) is 0 Å². The molecule has 1 aliphatic rings. The highest BCUT2D eigenvalue weighted by Crippen LogP contribution is 2.35. The number of aromatic nitrogens is 1. The van der Waals surface area contributed by atoms with E-state index in [1.54, 1.807) is 18.9 Å². The van der Waals surface area contributed by atoms with Crippen molar-refractivity contribution in [1.82, 2.24) is 19.1 Å². The Morgan fingerprint density at radius 2 is 1.71 bits per heavy atom. The number of sulfonamides is 1. The van der Waals surface area contributed by atoms with Crippen molar-refractivity contribution in [2.75, 3.05) is 72.0 Å². The highest BCUT2D eigenvalue weighted by Gasteiger charge is 2.31. The molecule has 224 valence electrons. The molecule has 2 amide bonds. The van der Waals surface area contributed by atoms with Crippen LogP contribution in [0, 0.1) is 0 Å². The number of carbonyl (C=O) groups excluding carboxylic acids is 2. The van der Waals surface area contributed by atoms with Crippen LogP contribution in [-0.4, -0.2) is 107 Å². The standard InChI is InChI=1S/C27H35N5O6S2.ClH/c1-5-38-27(34)30-16-18-31(19-17-30)40(35,36)21-12-10-20(11-13-21)25(33)32(15-7-14-29(2)3)26-28-24-22(37-4)8-6-9-23(24)39-26;/h6,8-13H,5,7,14-19H2,1-4H3;1H. The number of anilines is 1. The first kappa shape index (κ1) is 32.5. The van der Waals surface area contributed by atoms with Crippen LogP contribution >= 0.6 is 23.7 Å². The number of thiazole rings is 1. The minimum absolute atomic E-state index is 0. The molecule has 2 heterocycles. The van der Waals surface area contributed by atoms with Crippen LogP contribution in [0.2, 0.25) is 0 Å². The normalized spacial score (nSPS) is 14.1. The summed E-state index contributed by atoms with van der Waals surface area (Å²) in [7, 11) is 1.75. The van der Waals surface area contributed by atoms with E-state index in [-0.39, 0.29) is 56.0 Å². The first-order valence-electron chi connectivity index (χ1n) is 13.1. The molecule has 11 nitrogen and oxygen atoms in total. The van der Waals surface area contributed by atoms with Crippen molar-refractivity contribution in [3.63, 3.8) is 0 Å². The van der Waals surface area contributed by atoms with Crippen LogP contribution in [-0.2, 0) is 14.8 Å². The zero-order valence-electron chi connectivity index (χ0n) is 23.6. The van der Waals surface area contributed by atoms with Gasteiger partial charge in [0.1, 0.15) is 11.3 Å². The van der Waals surface area contributed by atoms with Gasteiger partial charge in [0, 0.05) is 38.3 Å². The number of fused-ring (bicyclic) bond motifs is 1. The summed E-state index contributed by atoms with van der Waals surface area (Å²) in [6.45, 7) is 4.08. The van der Waals surface area contributed by atoms with E-state index in [1.165, 1.54) is 44.8 Å². The van der Waals surface area contributed by atoms with E-state index in [4.69, 9.17) is 14.5 Å². The number of nitrogens with zero attached hydrogens (tertiary/aromatic N) is 5. The third-order valence-corrected chi connectivity index (χ3v) is 9.51. The largest absolute Gasteiger partial charge is 0.494 e. The van der Waals surface area contributed by atoms with Crippen molar-refractivity contribution in [2.45, 2.75) is 18.2 Å². The van der Waals surface area contributed by atoms with Gasteiger partial charge in [-0.05, 0) is 70.4 Å². The zero-order valence-corrected chi connectivity index (χ0v) is 26.1. The Kier molecular flexibility index (Phi) is 11.3. The average molecular weight is 626 g/mol. The number of carbonyl (C=O) groups is 2. The van der Waals surface area contributed by atoms with Gasteiger partial charge in [-0.15, -0.1) is 12.4 Å². The third kappa shape index (κ3) is 7.46. The lowest BCUT2D eigenvalue weighted by Gasteiger charge is -2.33. The summed E-state index contributed by atoms with van der Waals surface area (Å²) in [6, 6.07) is 11.7. The number of hydrogen-bond donors (Lipinski definition) is 0. The Morgan fingerprint density at radius 1 is 1.02 bits per heavy atom. The van der Waals surface area contributed by atoms with Crippen LogP contribution in [0.5, 0.6) is 5.75 Å². The van der Waals surface area contributed by atoms with E-state index in [2.05, 4.69) is 4.90 Å². The summed E-state index contributed by atoms with van der Waals surface area (Å²) in [4.78, 5) is 35.7. The van der Waals surface area contributed by atoms with E-state index in [9.17, 15) is 18.0 Å². The van der Waals surface area contributed by atoms with Crippen LogP contribution in [0.1, 0.15) is 23.7 Å². The number of halogens is 1. The van der Waals surface area contributed by atoms with Crippen LogP contribution in [0.15, 0.2) is 47.4 Å². The molecule has 0 atom stereocenters. The van der Waals surface area contributed by atoms with Crippen LogP contribution < -0.4 is 9.64 Å². The second-order valence-corrected chi connectivity index (χ2v) is 12.5. The predicted octanol–water partition coefficient (Wildman–Crippen LogP) is 3.79. The molecule has 1 saturated heterocycles. The summed E-state index contributed by atoms with van der Waals surface area (Å²) in [5, 5.41) is 0.555. The Hall–Kier alpha value is -2.97. The molecule has 0 radical (unpaired) electrons. The van der Waals surface area contributed by atoms with E-state index in [1.807, 2.05) is 32.3 Å². The number of hydrogen-bond acceptors (Lipinski definition) is 9. The van der Waals surface area contributed by atoms with Crippen molar-refractivity contribution in [1.29, 1.82) is 0 Å². The van der Waals surface area contributed by atoms with Gasteiger partial charge in [-0.1, -0.05) is 17.4 Å². The fraction of sp³-hybridized carbons (Fsp3) is 0.444. The van der Waals surface area contributed by atoms with Gasteiger partial charge in [-0.3, -0.25) is 9.69 Å². The van der Waals surface area contributed by atoms with Crippen molar-refractivity contribution in [2.24, 2.45) is 0 Å². The van der Waals surface area contributed by atoms with Crippen molar-refractivity contribution < 1.29 is 27.5 Å². The number of para-hydroxylation sites is 1. The molecule has 0 bridgehead atoms. The molecular weight excluding hydrogens is 590 g/mol. The van der Waals surface area contributed by atoms with Crippen molar-refractivity contribution in [3.8, 4) is 5.75 Å². The highest BCUT2D eigenvalue weighted by molar-refractivity contribution is 7.89. The monoisotopic (exact) mass is 625 g/mol. The fourth-order valence-corrected chi connectivity index (χ4v) is 6.85. The lowest BCUT2D eigenvalue weighted by atomic mass is 10.2. The van der Waals surface area contributed by atoms with Crippen molar-refractivity contribution in [3.05, 3.63) is 48.0 Å². The molecule has 0 spiro atoms. The second kappa shape index (κ2) is 14.3. The summed E-state index contributed by atoms with van der Waals surface area (Å²) < 4.78 is 39.2. The van der Waals surface area contributed by atoms with E-state index in [0.29, 0.717) is 28.5 Å². The average Bonchev–Trinajstić information content (AvgIpc) is 3.39. The first-order chi connectivity index (χ1) is 19.1. The Balaban J connectivity index is 0.00000462. The van der Waals surface area contributed by atoms with Gasteiger partial charge in [0.2, 0.25) is 10.0 Å². The Morgan fingerprint density at radius 3 is 2.32 bits per heavy atom. The zero-order chi connectivity index (χ0) is 28.9. The number of methoxy groups -OCH3 is 1. The number of rotatable bonds is 10. The maximum Gasteiger partial charge on any atom is 0.409 e. The van der Waals surface area contributed by atoms with Gasteiger partial charge in [-0.2, -0.15) is 4.31 Å².